The first-order chi connectivity index (χ1) is 9.35. The number of rotatable bonds is 1. The van der Waals surface area contributed by atoms with Crippen LogP contribution in [0.15, 0.2) is 18.2 Å². The highest BCUT2D eigenvalue weighted by molar-refractivity contribution is 5.44. The number of ether oxygens (including phenoxy) is 5. The molecule has 0 aliphatic carbocycles. The largest absolute Gasteiger partial charge is 0.454 e. The summed E-state index contributed by atoms with van der Waals surface area (Å²) in [5.41, 5.74) is 0.740. The van der Waals surface area contributed by atoms with E-state index in [0.29, 0.717) is 13.2 Å². The molecule has 2 saturated heterocycles. The first-order valence-electron chi connectivity index (χ1n) is 6.61. The summed E-state index contributed by atoms with van der Waals surface area (Å²) in [6, 6.07) is 5.76. The molecule has 0 bridgehead atoms. The molecule has 2 fully saturated rings. The van der Waals surface area contributed by atoms with E-state index in [9.17, 15) is 0 Å². The zero-order valence-corrected chi connectivity index (χ0v) is 10.6. The molecule has 3 aliphatic heterocycles. The molecule has 0 radical (unpaired) electrons. The summed E-state index contributed by atoms with van der Waals surface area (Å²) in [5.74, 6) is 1.53. The van der Waals surface area contributed by atoms with E-state index in [0.717, 1.165) is 36.5 Å². The van der Waals surface area contributed by atoms with Crippen LogP contribution in [-0.2, 0) is 14.2 Å². The lowest BCUT2D eigenvalue weighted by molar-refractivity contribution is -0.258. The maximum atomic E-state index is 5.82. The molecule has 5 nitrogen and oxygen atoms in total. The summed E-state index contributed by atoms with van der Waals surface area (Å²) in [6.07, 6.45) is 1.76. The molecule has 0 atom stereocenters. The highest BCUT2D eigenvalue weighted by Crippen LogP contribution is 2.38. The lowest BCUT2D eigenvalue weighted by Crippen LogP contribution is -2.44. The van der Waals surface area contributed by atoms with Crippen molar-refractivity contribution in [3.05, 3.63) is 23.8 Å². The van der Waals surface area contributed by atoms with E-state index < -0.39 is 0 Å². The van der Waals surface area contributed by atoms with Gasteiger partial charge in [-0.3, -0.25) is 0 Å². The molecule has 3 aliphatic rings. The van der Waals surface area contributed by atoms with Gasteiger partial charge in [-0.15, -0.1) is 0 Å². The summed E-state index contributed by atoms with van der Waals surface area (Å²) < 4.78 is 28.0. The Morgan fingerprint density at radius 3 is 2.68 bits per heavy atom. The van der Waals surface area contributed by atoms with Crippen molar-refractivity contribution in [2.75, 3.05) is 26.6 Å². The van der Waals surface area contributed by atoms with Crippen molar-refractivity contribution in [2.45, 2.75) is 24.7 Å². The Morgan fingerprint density at radius 1 is 1.05 bits per heavy atom. The second-order valence-electron chi connectivity index (χ2n) is 5.20. The summed E-state index contributed by atoms with van der Waals surface area (Å²) >= 11 is 0. The van der Waals surface area contributed by atoms with E-state index >= 15 is 0 Å². The Morgan fingerprint density at radius 2 is 1.89 bits per heavy atom. The van der Waals surface area contributed by atoms with Gasteiger partial charge < -0.3 is 23.7 Å². The van der Waals surface area contributed by atoms with Crippen LogP contribution in [0.25, 0.3) is 0 Å². The number of hydrogen-bond donors (Lipinski definition) is 0. The molecule has 0 N–H and O–H groups in total. The first kappa shape index (κ1) is 11.5. The van der Waals surface area contributed by atoms with Gasteiger partial charge in [0, 0.05) is 12.2 Å². The van der Waals surface area contributed by atoms with Gasteiger partial charge >= 0.3 is 0 Å². The molecule has 1 aromatic carbocycles. The minimum Gasteiger partial charge on any atom is -0.454 e. The predicted molar refractivity (Wildman–Crippen MR) is 65.1 cm³/mol. The van der Waals surface area contributed by atoms with E-state index in [1.165, 1.54) is 0 Å². The fourth-order valence-corrected chi connectivity index (χ4v) is 2.78. The Bertz CT molecular complexity index is 471. The van der Waals surface area contributed by atoms with Gasteiger partial charge in [0.2, 0.25) is 6.79 Å². The van der Waals surface area contributed by atoms with E-state index in [-0.39, 0.29) is 18.7 Å². The van der Waals surface area contributed by atoms with Crippen molar-refractivity contribution in [1.29, 1.82) is 0 Å². The highest BCUT2D eigenvalue weighted by Gasteiger charge is 2.41. The Kier molecular flexibility index (Phi) is 2.65. The van der Waals surface area contributed by atoms with E-state index in [4.69, 9.17) is 23.7 Å². The van der Waals surface area contributed by atoms with E-state index in [2.05, 4.69) is 0 Å². The zero-order valence-electron chi connectivity index (χ0n) is 10.6. The highest BCUT2D eigenvalue weighted by atomic mass is 16.7. The lowest BCUT2D eigenvalue weighted by atomic mass is 10.0. The van der Waals surface area contributed by atoms with Gasteiger partial charge in [-0.25, -0.2) is 0 Å². The van der Waals surface area contributed by atoms with Crippen molar-refractivity contribution in [3.8, 4) is 11.5 Å². The van der Waals surface area contributed by atoms with Crippen molar-refractivity contribution < 1.29 is 23.7 Å². The van der Waals surface area contributed by atoms with Gasteiger partial charge in [0.1, 0.15) is 5.60 Å². The summed E-state index contributed by atoms with van der Waals surface area (Å²) in [5, 5.41) is 0. The Balaban J connectivity index is 1.49. The van der Waals surface area contributed by atoms with Crippen LogP contribution in [0, 0.1) is 0 Å². The molecule has 19 heavy (non-hydrogen) atoms. The van der Waals surface area contributed by atoms with Gasteiger partial charge in [0.15, 0.2) is 17.8 Å². The molecule has 5 heteroatoms. The van der Waals surface area contributed by atoms with Crippen LogP contribution in [0.4, 0.5) is 0 Å². The quantitative estimate of drug-likeness (QED) is 0.776. The van der Waals surface area contributed by atoms with Crippen molar-refractivity contribution in [3.63, 3.8) is 0 Å². The van der Waals surface area contributed by atoms with Crippen LogP contribution in [0.3, 0.4) is 0 Å². The molecular weight excluding hydrogens is 248 g/mol. The number of benzene rings is 1. The lowest BCUT2D eigenvalue weighted by Gasteiger charge is -2.36. The van der Waals surface area contributed by atoms with Crippen LogP contribution in [0.2, 0.25) is 0 Å². The monoisotopic (exact) mass is 264 g/mol. The number of hydrogen-bond acceptors (Lipinski definition) is 5. The molecule has 4 rings (SSSR count). The molecule has 1 spiro atoms. The van der Waals surface area contributed by atoms with E-state index in [1.54, 1.807) is 0 Å². The minimum absolute atomic E-state index is 0.215. The normalized spacial score (nSPS) is 32.9. The van der Waals surface area contributed by atoms with Gasteiger partial charge in [0.05, 0.1) is 13.2 Å². The number of fused-ring (bicyclic) bond motifs is 1. The second-order valence-corrected chi connectivity index (χ2v) is 5.20. The molecule has 0 unspecified atom stereocenters. The molecule has 3 heterocycles. The van der Waals surface area contributed by atoms with Crippen LogP contribution >= 0.6 is 0 Å². The minimum atomic E-state index is -0.343. The molecule has 1 aromatic rings. The maximum absolute atomic E-state index is 5.82. The van der Waals surface area contributed by atoms with Gasteiger partial charge in [0.25, 0.3) is 0 Å². The third kappa shape index (κ3) is 1.98. The average molecular weight is 264 g/mol. The van der Waals surface area contributed by atoms with Gasteiger partial charge in [-0.05, 0) is 31.0 Å². The zero-order chi connectivity index (χ0) is 12.7. The summed E-state index contributed by atoms with van der Waals surface area (Å²) in [7, 11) is 0. The average Bonchev–Trinajstić information content (AvgIpc) is 3.08. The smallest absolute Gasteiger partial charge is 0.231 e. The third-order valence-electron chi connectivity index (χ3n) is 3.85. The van der Waals surface area contributed by atoms with E-state index in [1.807, 2.05) is 18.2 Å². The van der Waals surface area contributed by atoms with Crippen molar-refractivity contribution >= 4 is 0 Å². The Labute approximate surface area is 111 Å². The van der Waals surface area contributed by atoms with Crippen molar-refractivity contribution in [1.82, 2.24) is 0 Å². The second kappa shape index (κ2) is 4.37. The first-order valence-corrected chi connectivity index (χ1v) is 6.61. The SMILES string of the molecule is c1cc2c(cc1C1OCC3(CCCO3)CO1)OCO2. The molecule has 102 valence electrons. The summed E-state index contributed by atoms with van der Waals surface area (Å²) in [4.78, 5) is 0. The van der Waals surface area contributed by atoms with Gasteiger partial charge in [-0.1, -0.05) is 0 Å². The maximum Gasteiger partial charge on any atom is 0.231 e. The standard InChI is InChI=1S/C14H16O5/c1-4-14(19-5-1)7-15-13(16-8-14)10-2-3-11-12(6-10)18-9-17-11/h2-3,6,13H,1,4-5,7-9H2. The van der Waals surface area contributed by atoms with Crippen LogP contribution in [-0.4, -0.2) is 32.2 Å². The molecular formula is C14H16O5. The Hall–Kier alpha value is -1.30. The fourth-order valence-electron chi connectivity index (χ4n) is 2.78. The van der Waals surface area contributed by atoms with Crippen LogP contribution < -0.4 is 9.47 Å². The van der Waals surface area contributed by atoms with Crippen LogP contribution in [0.1, 0.15) is 24.7 Å². The topological polar surface area (TPSA) is 46.2 Å². The van der Waals surface area contributed by atoms with Gasteiger partial charge in [-0.2, -0.15) is 0 Å². The predicted octanol–water partition coefficient (Wildman–Crippen LogP) is 2.01. The molecule has 0 aromatic heterocycles. The van der Waals surface area contributed by atoms with Crippen molar-refractivity contribution in [2.24, 2.45) is 0 Å². The fraction of sp³-hybridized carbons (Fsp3) is 0.571. The molecule has 0 saturated carbocycles. The molecule has 0 amide bonds. The van der Waals surface area contributed by atoms with Crippen LogP contribution in [0.5, 0.6) is 11.5 Å². The summed E-state index contributed by atoms with van der Waals surface area (Å²) in [6.45, 7) is 2.27. The third-order valence-corrected chi connectivity index (χ3v) is 3.85.